The van der Waals surface area contributed by atoms with Crippen LogP contribution < -0.4 is 10.1 Å². The zero-order chi connectivity index (χ0) is 18.9. The molecular weight excluding hydrogens is 354 g/mol. The number of rotatable bonds is 9. The number of phenols is 1. The molecule has 2 unspecified atom stereocenters. The molecule has 6 nitrogen and oxygen atoms in total. The first-order chi connectivity index (χ1) is 12.5. The van der Waals surface area contributed by atoms with Crippen molar-refractivity contribution in [3.63, 3.8) is 0 Å². The van der Waals surface area contributed by atoms with Gasteiger partial charge >= 0.3 is 0 Å². The molecule has 2 amide bonds. The molecule has 2 aromatic rings. The first-order valence-electron chi connectivity index (χ1n) is 7.99. The van der Waals surface area contributed by atoms with Crippen molar-refractivity contribution >= 4 is 24.1 Å². The Hall–Kier alpha value is -2.51. The van der Waals surface area contributed by atoms with E-state index in [9.17, 15) is 19.8 Å². The predicted molar refractivity (Wildman–Crippen MR) is 100 cm³/mol. The Morgan fingerprint density at radius 1 is 1.19 bits per heavy atom. The van der Waals surface area contributed by atoms with Crippen LogP contribution in [0.1, 0.15) is 17.2 Å². The number of ether oxygens (including phenoxy) is 1. The molecule has 138 valence electrons. The Morgan fingerprint density at radius 3 is 2.42 bits per heavy atom. The third-order valence-corrected chi connectivity index (χ3v) is 4.76. The Kier molecular flexibility index (Phi) is 7.50. The van der Waals surface area contributed by atoms with E-state index in [1.54, 1.807) is 24.3 Å². The summed E-state index contributed by atoms with van der Waals surface area (Å²) in [5.41, 5.74) is 1.60. The van der Waals surface area contributed by atoms with E-state index in [4.69, 9.17) is 4.74 Å². The molecule has 0 heterocycles. The van der Waals surface area contributed by atoms with Crippen LogP contribution in [-0.4, -0.2) is 40.6 Å². The first kappa shape index (κ1) is 19.8. The number of hydrogen-bond donors (Lipinski definition) is 3. The van der Waals surface area contributed by atoms with E-state index >= 15 is 0 Å². The maximum absolute atomic E-state index is 11.7. The SMILES string of the molecule is CSC(Cc1ccc(OCC(O)c2ccc(O)cc2)cc1)C(=O)NC=O. The highest BCUT2D eigenvalue weighted by atomic mass is 32.2. The molecule has 0 saturated heterocycles. The maximum atomic E-state index is 11.7. The van der Waals surface area contributed by atoms with Gasteiger partial charge in [-0.1, -0.05) is 24.3 Å². The van der Waals surface area contributed by atoms with Gasteiger partial charge in [0, 0.05) is 0 Å². The van der Waals surface area contributed by atoms with E-state index in [-0.39, 0.29) is 23.5 Å². The van der Waals surface area contributed by atoms with Gasteiger partial charge in [-0.25, -0.2) is 0 Å². The lowest BCUT2D eigenvalue weighted by Crippen LogP contribution is -2.32. The summed E-state index contributed by atoms with van der Waals surface area (Å²) in [5.74, 6) is 0.428. The Bertz CT molecular complexity index is 718. The van der Waals surface area contributed by atoms with Crippen LogP contribution in [0.2, 0.25) is 0 Å². The topological polar surface area (TPSA) is 95.9 Å². The molecular formula is C19H21NO5S. The van der Waals surface area contributed by atoms with Crippen molar-refractivity contribution in [2.24, 2.45) is 0 Å². The second-order valence-corrected chi connectivity index (χ2v) is 6.66. The van der Waals surface area contributed by atoms with Crippen LogP contribution in [-0.2, 0) is 16.0 Å². The molecule has 2 atom stereocenters. The van der Waals surface area contributed by atoms with Crippen LogP contribution in [0.3, 0.4) is 0 Å². The van der Waals surface area contributed by atoms with Gasteiger partial charge in [0.05, 0.1) is 5.25 Å². The summed E-state index contributed by atoms with van der Waals surface area (Å²) in [6.45, 7) is 0.0826. The average molecular weight is 375 g/mol. The van der Waals surface area contributed by atoms with Crippen molar-refractivity contribution in [2.75, 3.05) is 12.9 Å². The molecule has 0 aromatic heterocycles. The number of nitrogens with one attached hydrogen (secondary N) is 1. The normalized spacial score (nSPS) is 12.8. The average Bonchev–Trinajstić information content (AvgIpc) is 2.65. The summed E-state index contributed by atoms with van der Waals surface area (Å²) >= 11 is 1.38. The Labute approximate surface area is 156 Å². The van der Waals surface area contributed by atoms with Crippen LogP contribution in [0.4, 0.5) is 0 Å². The van der Waals surface area contributed by atoms with Gasteiger partial charge in [-0.2, -0.15) is 11.8 Å². The van der Waals surface area contributed by atoms with Crippen molar-refractivity contribution < 1.29 is 24.5 Å². The van der Waals surface area contributed by atoms with Crippen LogP contribution in [0.5, 0.6) is 11.5 Å². The van der Waals surface area contributed by atoms with Gasteiger partial charge in [-0.3, -0.25) is 14.9 Å². The summed E-state index contributed by atoms with van der Waals surface area (Å²) in [4.78, 5) is 22.1. The molecule has 7 heteroatoms. The molecule has 0 spiro atoms. The smallest absolute Gasteiger partial charge is 0.239 e. The Morgan fingerprint density at radius 2 is 1.85 bits per heavy atom. The Balaban J connectivity index is 1.89. The van der Waals surface area contributed by atoms with E-state index in [2.05, 4.69) is 5.32 Å². The number of hydrogen-bond acceptors (Lipinski definition) is 6. The van der Waals surface area contributed by atoms with Gasteiger partial charge in [0.2, 0.25) is 12.3 Å². The zero-order valence-electron chi connectivity index (χ0n) is 14.3. The van der Waals surface area contributed by atoms with Crippen molar-refractivity contribution in [2.45, 2.75) is 17.8 Å². The van der Waals surface area contributed by atoms with E-state index in [0.717, 1.165) is 5.56 Å². The molecule has 0 aliphatic rings. The highest BCUT2D eigenvalue weighted by Crippen LogP contribution is 2.21. The van der Waals surface area contributed by atoms with Gasteiger partial charge in [0.25, 0.3) is 0 Å². The minimum Gasteiger partial charge on any atom is -0.508 e. The summed E-state index contributed by atoms with van der Waals surface area (Å²) in [6.07, 6.45) is 1.90. The number of aliphatic hydroxyl groups excluding tert-OH is 1. The lowest BCUT2D eigenvalue weighted by atomic mass is 10.1. The second-order valence-electron chi connectivity index (χ2n) is 5.62. The fourth-order valence-corrected chi connectivity index (χ4v) is 2.98. The molecule has 2 aromatic carbocycles. The first-order valence-corrected chi connectivity index (χ1v) is 9.28. The fourth-order valence-electron chi connectivity index (χ4n) is 2.34. The van der Waals surface area contributed by atoms with Crippen molar-refractivity contribution in [3.8, 4) is 11.5 Å². The lowest BCUT2D eigenvalue weighted by molar-refractivity contribution is -0.124. The van der Waals surface area contributed by atoms with E-state index < -0.39 is 6.10 Å². The minimum atomic E-state index is -0.803. The molecule has 0 aliphatic carbocycles. The van der Waals surface area contributed by atoms with Gasteiger partial charge in [-0.05, 0) is 48.1 Å². The third kappa shape index (κ3) is 5.79. The quantitative estimate of drug-likeness (QED) is 0.581. The fraction of sp³-hybridized carbons (Fsp3) is 0.263. The van der Waals surface area contributed by atoms with Gasteiger partial charge in [0.1, 0.15) is 24.2 Å². The summed E-state index contributed by atoms with van der Waals surface area (Å²) in [7, 11) is 0. The van der Waals surface area contributed by atoms with E-state index in [1.165, 1.54) is 23.9 Å². The number of aromatic hydroxyl groups is 1. The van der Waals surface area contributed by atoms with Crippen LogP contribution in [0.25, 0.3) is 0 Å². The summed E-state index contributed by atoms with van der Waals surface area (Å²) in [6, 6.07) is 13.5. The number of aliphatic hydroxyl groups is 1. The molecule has 0 fully saturated rings. The van der Waals surface area contributed by atoms with Crippen LogP contribution in [0, 0.1) is 0 Å². The van der Waals surface area contributed by atoms with E-state index in [1.807, 2.05) is 18.4 Å². The highest BCUT2D eigenvalue weighted by molar-refractivity contribution is 7.99. The molecule has 26 heavy (non-hydrogen) atoms. The van der Waals surface area contributed by atoms with Gasteiger partial charge < -0.3 is 14.9 Å². The molecule has 0 bridgehead atoms. The largest absolute Gasteiger partial charge is 0.508 e. The number of thioether (sulfide) groups is 1. The van der Waals surface area contributed by atoms with Crippen molar-refractivity contribution in [1.29, 1.82) is 0 Å². The molecule has 0 saturated carbocycles. The van der Waals surface area contributed by atoms with Gasteiger partial charge in [0.15, 0.2) is 0 Å². The molecule has 2 rings (SSSR count). The summed E-state index contributed by atoms with van der Waals surface area (Å²) < 4.78 is 5.58. The van der Waals surface area contributed by atoms with Crippen molar-refractivity contribution in [3.05, 3.63) is 59.7 Å². The number of phenolic OH excluding ortho intramolecular Hbond substituents is 1. The van der Waals surface area contributed by atoms with Crippen LogP contribution >= 0.6 is 11.8 Å². The number of amides is 2. The number of carbonyl (C=O) groups excluding carboxylic acids is 2. The molecule has 0 aliphatic heterocycles. The van der Waals surface area contributed by atoms with Crippen molar-refractivity contribution in [1.82, 2.24) is 5.32 Å². The summed E-state index contributed by atoms with van der Waals surface area (Å²) in [5, 5.41) is 21.2. The number of benzene rings is 2. The maximum Gasteiger partial charge on any atom is 0.239 e. The highest BCUT2D eigenvalue weighted by Gasteiger charge is 2.17. The standard InChI is InChI=1S/C19H21NO5S/c1-26-18(19(24)20-12-21)10-13-2-8-16(9-3-13)25-11-17(23)14-4-6-15(22)7-5-14/h2-9,12,17-18,22-23H,10-11H2,1H3,(H,20,21,24). The number of imide groups is 1. The third-order valence-electron chi connectivity index (χ3n) is 3.81. The van der Waals surface area contributed by atoms with Gasteiger partial charge in [-0.15, -0.1) is 0 Å². The lowest BCUT2D eigenvalue weighted by Gasteiger charge is -2.14. The zero-order valence-corrected chi connectivity index (χ0v) is 15.1. The predicted octanol–water partition coefficient (Wildman–Crippen LogP) is 2.05. The molecule has 3 N–H and O–H groups in total. The molecule has 0 radical (unpaired) electrons. The second kappa shape index (κ2) is 9.84. The van der Waals surface area contributed by atoms with E-state index in [0.29, 0.717) is 24.1 Å². The minimum absolute atomic E-state index is 0.0826. The number of carbonyl (C=O) groups is 2. The van der Waals surface area contributed by atoms with Crippen LogP contribution in [0.15, 0.2) is 48.5 Å². The monoisotopic (exact) mass is 375 g/mol.